The average Bonchev–Trinajstić information content (AvgIpc) is 2.41. The summed E-state index contributed by atoms with van der Waals surface area (Å²) in [7, 11) is 0. The molecule has 20 heavy (non-hydrogen) atoms. The predicted octanol–water partition coefficient (Wildman–Crippen LogP) is 3.30. The maximum absolute atomic E-state index is 11.8. The Bertz CT molecular complexity index is 547. The van der Waals surface area contributed by atoms with Crippen LogP contribution in [0.5, 0.6) is 11.5 Å². The minimum atomic E-state index is -0.360. The van der Waals surface area contributed by atoms with Crippen LogP contribution in [-0.4, -0.2) is 16.1 Å². The van der Waals surface area contributed by atoms with E-state index in [9.17, 15) is 15.0 Å². The van der Waals surface area contributed by atoms with Crippen LogP contribution in [0.1, 0.15) is 44.4 Å². The second-order valence-corrected chi connectivity index (χ2v) is 4.80. The minimum absolute atomic E-state index is 0.0496. The molecule has 0 bridgehead atoms. The van der Waals surface area contributed by atoms with Crippen molar-refractivity contribution in [2.24, 2.45) is 0 Å². The number of rotatable bonds is 5. The van der Waals surface area contributed by atoms with Gasteiger partial charge in [-0.15, -0.1) is 0 Å². The number of anilines is 1. The summed E-state index contributed by atoms with van der Waals surface area (Å²) in [5, 5.41) is 23.4. The summed E-state index contributed by atoms with van der Waals surface area (Å²) in [6, 6.07) is 0. The van der Waals surface area contributed by atoms with Crippen LogP contribution < -0.4 is 5.32 Å². The Morgan fingerprint density at radius 3 is 1.85 bits per heavy atom. The van der Waals surface area contributed by atoms with Gasteiger partial charge < -0.3 is 15.5 Å². The number of hydrogen-bond acceptors (Lipinski definition) is 3. The molecule has 1 rings (SSSR count). The van der Waals surface area contributed by atoms with E-state index in [1.165, 1.54) is 0 Å². The summed E-state index contributed by atoms with van der Waals surface area (Å²) in [6.07, 6.45) is 1.73. The van der Waals surface area contributed by atoms with Crippen molar-refractivity contribution in [1.82, 2.24) is 0 Å². The Labute approximate surface area is 120 Å². The number of benzene rings is 1. The van der Waals surface area contributed by atoms with E-state index in [2.05, 4.69) is 11.9 Å². The highest BCUT2D eigenvalue weighted by molar-refractivity contribution is 6.04. The number of aromatic hydroxyl groups is 2. The van der Waals surface area contributed by atoms with Crippen molar-refractivity contribution in [2.45, 2.75) is 47.0 Å². The molecular weight excluding hydrogens is 254 g/mol. The Kier molecular flexibility index (Phi) is 5.19. The van der Waals surface area contributed by atoms with Gasteiger partial charge in [-0.1, -0.05) is 27.4 Å². The van der Waals surface area contributed by atoms with Crippen molar-refractivity contribution < 1.29 is 15.0 Å². The molecule has 0 saturated carbocycles. The van der Waals surface area contributed by atoms with Gasteiger partial charge in [-0.25, -0.2) is 0 Å². The first kappa shape index (κ1) is 16.1. The lowest BCUT2D eigenvalue weighted by Gasteiger charge is -2.20. The van der Waals surface area contributed by atoms with Crippen molar-refractivity contribution in [3.05, 3.63) is 28.8 Å². The second kappa shape index (κ2) is 6.46. The molecule has 4 nitrogen and oxygen atoms in total. The number of nitrogens with one attached hydrogen (secondary N) is 1. The van der Waals surface area contributed by atoms with Crippen LogP contribution in [0.3, 0.4) is 0 Å². The summed E-state index contributed by atoms with van der Waals surface area (Å²) < 4.78 is 0. The highest BCUT2D eigenvalue weighted by Gasteiger charge is 2.22. The summed E-state index contributed by atoms with van der Waals surface area (Å²) in [5.41, 5.74) is 2.64. The van der Waals surface area contributed by atoms with Crippen molar-refractivity contribution >= 4 is 11.6 Å². The van der Waals surface area contributed by atoms with Crippen LogP contribution in [0, 0.1) is 0 Å². The fraction of sp³-hybridized carbons (Fsp3) is 0.438. The highest BCUT2D eigenvalue weighted by Crippen LogP contribution is 2.42. The number of hydrogen-bond donors (Lipinski definition) is 3. The first-order valence-electron chi connectivity index (χ1n) is 6.94. The monoisotopic (exact) mass is 277 g/mol. The number of amides is 1. The second-order valence-electron chi connectivity index (χ2n) is 4.80. The Morgan fingerprint density at radius 1 is 1.00 bits per heavy atom. The van der Waals surface area contributed by atoms with E-state index in [1.54, 1.807) is 6.92 Å². The maximum atomic E-state index is 11.8. The van der Waals surface area contributed by atoms with E-state index in [0.29, 0.717) is 41.6 Å². The number of carbonyl (C=O) groups excluding carboxylic acids is 1. The minimum Gasteiger partial charge on any atom is -0.507 e. The van der Waals surface area contributed by atoms with Gasteiger partial charge in [0, 0.05) is 22.3 Å². The number of phenolic OH excluding ortho intramolecular Hbond substituents is 2. The van der Waals surface area contributed by atoms with Gasteiger partial charge in [0.25, 0.3) is 5.91 Å². The summed E-state index contributed by atoms with van der Waals surface area (Å²) >= 11 is 0. The molecule has 0 spiro atoms. The Hall–Kier alpha value is -1.97. The quantitative estimate of drug-likeness (QED) is 0.439. The van der Waals surface area contributed by atoms with Crippen LogP contribution in [0.2, 0.25) is 0 Å². The first-order valence-corrected chi connectivity index (χ1v) is 6.94. The maximum Gasteiger partial charge on any atom is 0.250 e. The zero-order valence-electron chi connectivity index (χ0n) is 12.6. The first-order chi connectivity index (χ1) is 9.38. The third-order valence-corrected chi connectivity index (χ3v) is 3.45. The molecule has 0 aliphatic heterocycles. The summed E-state index contributed by atoms with van der Waals surface area (Å²) in [4.78, 5) is 11.8. The molecule has 0 aliphatic rings. The molecule has 1 aromatic rings. The van der Waals surface area contributed by atoms with Crippen molar-refractivity contribution in [2.75, 3.05) is 5.32 Å². The molecular formula is C16H23NO3. The van der Waals surface area contributed by atoms with Gasteiger partial charge in [0.1, 0.15) is 11.5 Å². The molecule has 3 N–H and O–H groups in total. The van der Waals surface area contributed by atoms with Gasteiger partial charge in [0.15, 0.2) is 0 Å². The lowest BCUT2D eigenvalue weighted by Crippen LogP contribution is -2.14. The molecule has 0 saturated heterocycles. The van der Waals surface area contributed by atoms with Gasteiger partial charge in [0.2, 0.25) is 0 Å². The number of carbonyl (C=O) groups is 1. The van der Waals surface area contributed by atoms with Gasteiger partial charge in [0.05, 0.1) is 5.69 Å². The summed E-state index contributed by atoms with van der Waals surface area (Å²) in [6.45, 7) is 10.9. The molecule has 0 fully saturated rings. The third-order valence-electron chi connectivity index (χ3n) is 3.45. The van der Waals surface area contributed by atoms with Gasteiger partial charge >= 0.3 is 0 Å². The van der Waals surface area contributed by atoms with Crippen LogP contribution >= 0.6 is 0 Å². The molecule has 1 amide bonds. The zero-order valence-corrected chi connectivity index (χ0v) is 12.6. The van der Waals surface area contributed by atoms with E-state index in [0.717, 1.165) is 5.56 Å². The van der Waals surface area contributed by atoms with Crippen LogP contribution in [0.25, 0.3) is 0 Å². The highest BCUT2D eigenvalue weighted by atomic mass is 16.3. The molecule has 0 aromatic heterocycles. The van der Waals surface area contributed by atoms with Crippen LogP contribution in [0.15, 0.2) is 12.2 Å². The topological polar surface area (TPSA) is 69.6 Å². The molecule has 0 heterocycles. The molecule has 0 radical (unpaired) electrons. The summed E-state index contributed by atoms with van der Waals surface area (Å²) in [5.74, 6) is -0.143. The van der Waals surface area contributed by atoms with Gasteiger partial charge in [-0.05, 0) is 26.2 Å². The molecule has 0 unspecified atom stereocenters. The number of phenols is 2. The molecule has 1 aromatic carbocycles. The van der Waals surface area contributed by atoms with E-state index in [-0.39, 0.29) is 17.4 Å². The van der Waals surface area contributed by atoms with Crippen LogP contribution in [-0.2, 0) is 24.1 Å². The molecule has 110 valence electrons. The normalized spacial score (nSPS) is 10.4. The van der Waals surface area contributed by atoms with Crippen molar-refractivity contribution in [3.63, 3.8) is 0 Å². The lowest BCUT2D eigenvalue weighted by molar-refractivity contribution is -0.112. The van der Waals surface area contributed by atoms with Gasteiger partial charge in [-0.2, -0.15) is 0 Å². The van der Waals surface area contributed by atoms with Crippen molar-refractivity contribution in [1.29, 1.82) is 0 Å². The van der Waals surface area contributed by atoms with E-state index in [1.807, 2.05) is 20.8 Å². The molecule has 4 heteroatoms. The fourth-order valence-electron chi connectivity index (χ4n) is 2.34. The average molecular weight is 277 g/mol. The molecule has 0 aliphatic carbocycles. The third kappa shape index (κ3) is 2.79. The lowest BCUT2D eigenvalue weighted by atomic mass is 9.94. The van der Waals surface area contributed by atoms with E-state index >= 15 is 0 Å². The Morgan fingerprint density at radius 2 is 1.45 bits per heavy atom. The molecule has 0 atom stereocenters. The van der Waals surface area contributed by atoms with E-state index in [4.69, 9.17) is 0 Å². The van der Waals surface area contributed by atoms with Crippen LogP contribution in [0.4, 0.5) is 5.69 Å². The largest absolute Gasteiger partial charge is 0.507 e. The fourth-order valence-corrected chi connectivity index (χ4v) is 2.34. The smallest absolute Gasteiger partial charge is 0.250 e. The zero-order chi connectivity index (χ0) is 15.4. The Balaban J connectivity index is 3.53. The standard InChI is InChI=1S/C16H23NO3/c1-6-10-11(7-2)15(19)13(12(8-3)14(10)18)17-16(20)9(4)5/h18-19H,4,6-8H2,1-3,5H3,(H,17,20). The van der Waals surface area contributed by atoms with Gasteiger partial charge in [-0.3, -0.25) is 4.79 Å². The van der Waals surface area contributed by atoms with Crippen molar-refractivity contribution in [3.8, 4) is 11.5 Å². The van der Waals surface area contributed by atoms with E-state index < -0.39 is 0 Å². The SMILES string of the molecule is C=C(C)C(=O)Nc1c(O)c(CC)c(CC)c(O)c1CC. The predicted molar refractivity (Wildman–Crippen MR) is 81.3 cm³/mol.